The van der Waals surface area contributed by atoms with E-state index in [4.69, 9.17) is 4.74 Å². The summed E-state index contributed by atoms with van der Waals surface area (Å²) in [4.78, 5) is 11.0. The van der Waals surface area contributed by atoms with Gasteiger partial charge < -0.3 is 4.74 Å². The van der Waals surface area contributed by atoms with Crippen molar-refractivity contribution >= 4 is 5.97 Å². The Morgan fingerprint density at radius 2 is 2.00 bits per heavy atom. The van der Waals surface area contributed by atoms with Crippen LogP contribution < -0.4 is 0 Å². The van der Waals surface area contributed by atoms with Crippen LogP contribution in [0, 0.1) is 5.92 Å². The zero-order chi connectivity index (χ0) is 11.8. The summed E-state index contributed by atoms with van der Waals surface area (Å²) < 4.78 is 5.12. The fourth-order valence-corrected chi connectivity index (χ4v) is 1.09. The van der Waals surface area contributed by atoms with E-state index in [9.17, 15) is 4.79 Å². The number of allylic oxidation sites excluding steroid dienone is 2. The Bertz CT molecular complexity index is 247. The normalized spacial score (nSPS) is 11.7. The highest BCUT2D eigenvalue weighted by atomic mass is 16.5. The molecule has 0 radical (unpaired) electrons. The summed E-state index contributed by atoms with van der Waals surface area (Å²) in [6, 6.07) is 0. The standard InChI is InChI=1S/C13H22O2/c1-6-13(14)15-9-12(11(4)5)8-7-10(2)3/h7,12H,4,6,8-9H2,1-3,5H3/t12-/m1/s1. The topological polar surface area (TPSA) is 26.3 Å². The van der Waals surface area contributed by atoms with Gasteiger partial charge in [0.15, 0.2) is 0 Å². The van der Waals surface area contributed by atoms with Crippen LogP contribution in [0.1, 0.15) is 40.5 Å². The predicted molar refractivity (Wildman–Crippen MR) is 63.6 cm³/mol. The van der Waals surface area contributed by atoms with Crippen molar-refractivity contribution in [2.75, 3.05) is 6.61 Å². The van der Waals surface area contributed by atoms with E-state index in [0.29, 0.717) is 13.0 Å². The maximum atomic E-state index is 11.0. The molecule has 0 saturated carbocycles. The molecule has 0 heterocycles. The Hall–Kier alpha value is -1.05. The Morgan fingerprint density at radius 1 is 1.40 bits per heavy atom. The Labute approximate surface area is 93.0 Å². The van der Waals surface area contributed by atoms with Gasteiger partial charge in [0, 0.05) is 12.3 Å². The van der Waals surface area contributed by atoms with E-state index in [-0.39, 0.29) is 11.9 Å². The summed E-state index contributed by atoms with van der Waals surface area (Å²) in [5.74, 6) is 0.105. The summed E-state index contributed by atoms with van der Waals surface area (Å²) in [5.41, 5.74) is 2.35. The molecule has 0 saturated heterocycles. The van der Waals surface area contributed by atoms with Crippen LogP contribution in [0.25, 0.3) is 0 Å². The molecule has 0 N–H and O–H groups in total. The number of rotatable bonds is 6. The molecule has 0 rings (SSSR count). The van der Waals surface area contributed by atoms with Crippen LogP contribution in [0.4, 0.5) is 0 Å². The molecule has 15 heavy (non-hydrogen) atoms. The highest BCUT2D eigenvalue weighted by Crippen LogP contribution is 2.15. The zero-order valence-corrected chi connectivity index (χ0v) is 10.3. The minimum atomic E-state index is -0.140. The third-order valence-electron chi connectivity index (χ3n) is 2.24. The summed E-state index contributed by atoms with van der Waals surface area (Å²) in [6.45, 7) is 12.3. The van der Waals surface area contributed by atoms with E-state index in [2.05, 4.69) is 26.5 Å². The van der Waals surface area contributed by atoms with Gasteiger partial charge in [-0.25, -0.2) is 0 Å². The Kier molecular flexibility index (Phi) is 6.76. The average Bonchev–Trinajstić information content (AvgIpc) is 2.16. The maximum Gasteiger partial charge on any atom is 0.305 e. The van der Waals surface area contributed by atoms with E-state index in [1.807, 2.05) is 6.92 Å². The second-order valence-electron chi connectivity index (χ2n) is 4.10. The lowest BCUT2D eigenvalue weighted by Crippen LogP contribution is -2.13. The molecule has 0 bridgehead atoms. The van der Waals surface area contributed by atoms with Gasteiger partial charge >= 0.3 is 5.97 Å². The molecule has 2 heteroatoms. The van der Waals surface area contributed by atoms with Gasteiger partial charge in [0.1, 0.15) is 0 Å². The van der Waals surface area contributed by atoms with Crippen molar-refractivity contribution in [3.8, 4) is 0 Å². The molecule has 0 aliphatic carbocycles. The third-order valence-corrected chi connectivity index (χ3v) is 2.24. The van der Waals surface area contributed by atoms with Crippen molar-refractivity contribution in [3.05, 3.63) is 23.8 Å². The lowest BCUT2D eigenvalue weighted by atomic mass is 9.98. The van der Waals surface area contributed by atoms with E-state index in [1.165, 1.54) is 5.57 Å². The first-order chi connectivity index (χ1) is 6.97. The van der Waals surface area contributed by atoms with Gasteiger partial charge in [-0.05, 0) is 27.2 Å². The van der Waals surface area contributed by atoms with Gasteiger partial charge in [0.05, 0.1) is 6.61 Å². The molecular formula is C13H22O2. The number of esters is 1. The first kappa shape index (κ1) is 13.9. The summed E-state index contributed by atoms with van der Waals surface area (Å²) in [7, 11) is 0. The second-order valence-corrected chi connectivity index (χ2v) is 4.10. The van der Waals surface area contributed by atoms with Crippen molar-refractivity contribution in [2.24, 2.45) is 5.92 Å². The second kappa shape index (κ2) is 7.27. The monoisotopic (exact) mass is 210 g/mol. The smallest absolute Gasteiger partial charge is 0.305 e. The number of carbonyl (C=O) groups excluding carboxylic acids is 1. The van der Waals surface area contributed by atoms with Gasteiger partial charge in [-0.1, -0.05) is 30.7 Å². The first-order valence-corrected chi connectivity index (χ1v) is 5.41. The molecule has 0 amide bonds. The lowest BCUT2D eigenvalue weighted by Gasteiger charge is -2.15. The molecule has 0 aromatic heterocycles. The number of hydrogen-bond acceptors (Lipinski definition) is 2. The third kappa shape index (κ3) is 6.95. The predicted octanol–water partition coefficient (Wildman–Crippen LogP) is 3.49. The summed E-state index contributed by atoms with van der Waals surface area (Å²) >= 11 is 0. The minimum absolute atomic E-state index is 0.140. The highest BCUT2D eigenvalue weighted by Gasteiger charge is 2.10. The molecule has 0 spiro atoms. The van der Waals surface area contributed by atoms with Crippen LogP contribution in [-0.2, 0) is 9.53 Å². The molecule has 0 unspecified atom stereocenters. The van der Waals surface area contributed by atoms with Gasteiger partial charge in [-0.2, -0.15) is 0 Å². The van der Waals surface area contributed by atoms with Crippen molar-refractivity contribution in [2.45, 2.75) is 40.5 Å². The molecule has 1 atom stereocenters. The molecule has 86 valence electrons. The number of hydrogen-bond donors (Lipinski definition) is 0. The lowest BCUT2D eigenvalue weighted by molar-refractivity contribution is -0.144. The van der Waals surface area contributed by atoms with Crippen LogP contribution in [0.5, 0.6) is 0 Å². The van der Waals surface area contributed by atoms with Crippen LogP contribution in [0.2, 0.25) is 0 Å². The Morgan fingerprint density at radius 3 is 2.40 bits per heavy atom. The molecular weight excluding hydrogens is 188 g/mol. The largest absolute Gasteiger partial charge is 0.465 e. The van der Waals surface area contributed by atoms with Gasteiger partial charge in [0.25, 0.3) is 0 Å². The molecule has 0 fully saturated rings. The number of ether oxygens (including phenoxy) is 1. The maximum absolute atomic E-state index is 11.0. The summed E-state index contributed by atoms with van der Waals surface area (Å²) in [5, 5.41) is 0. The molecule has 0 aliphatic heterocycles. The van der Waals surface area contributed by atoms with Crippen molar-refractivity contribution in [1.82, 2.24) is 0 Å². The SMILES string of the molecule is C=C(C)[C@H](CC=C(C)C)COC(=O)CC. The Balaban J connectivity index is 4.11. The first-order valence-electron chi connectivity index (χ1n) is 5.41. The van der Waals surface area contributed by atoms with Crippen LogP contribution in [-0.4, -0.2) is 12.6 Å². The molecule has 0 aromatic rings. The van der Waals surface area contributed by atoms with Crippen LogP contribution >= 0.6 is 0 Å². The van der Waals surface area contributed by atoms with Crippen molar-refractivity contribution in [3.63, 3.8) is 0 Å². The van der Waals surface area contributed by atoms with Crippen molar-refractivity contribution in [1.29, 1.82) is 0 Å². The highest BCUT2D eigenvalue weighted by molar-refractivity contribution is 5.68. The van der Waals surface area contributed by atoms with E-state index in [0.717, 1.165) is 12.0 Å². The van der Waals surface area contributed by atoms with E-state index < -0.39 is 0 Å². The quantitative estimate of drug-likeness (QED) is 0.495. The van der Waals surface area contributed by atoms with Crippen LogP contribution in [0.15, 0.2) is 23.8 Å². The zero-order valence-electron chi connectivity index (χ0n) is 10.3. The molecule has 2 nitrogen and oxygen atoms in total. The van der Waals surface area contributed by atoms with E-state index in [1.54, 1.807) is 6.92 Å². The van der Waals surface area contributed by atoms with E-state index >= 15 is 0 Å². The van der Waals surface area contributed by atoms with Gasteiger partial charge in [-0.3, -0.25) is 4.79 Å². The van der Waals surface area contributed by atoms with Crippen molar-refractivity contribution < 1.29 is 9.53 Å². The van der Waals surface area contributed by atoms with Crippen LogP contribution in [0.3, 0.4) is 0 Å². The fourth-order valence-electron chi connectivity index (χ4n) is 1.09. The summed E-state index contributed by atoms with van der Waals surface area (Å²) in [6.07, 6.45) is 3.49. The minimum Gasteiger partial charge on any atom is -0.465 e. The molecule has 0 aromatic carbocycles. The number of carbonyl (C=O) groups is 1. The average molecular weight is 210 g/mol. The fraction of sp³-hybridized carbons (Fsp3) is 0.615. The van der Waals surface area contributed by atoms with Gasteiger partial charge in [0.2, 0.25) is 0 Å². The van der Waals surface area contributed by atoms with Gasteiger partial charge in [-0.15, -0.1) is 0 Å². The molecule has 0 aliphatic rings.